The van der Waals surface area contributed by atoms with E-state index in [1.807, 2.05) is 0 Å². The highest BCUT2D eigenvalue weighted by atomic mass is 19.4. The lowest BCUT2D eigenvalue weighted by Gasteiger charge is -2.32. The molecule has 1 aromatic rings. The minimum absolute atomic E-state index is 0.0994. The van der Waals surface area contributed by atoms with Crippen LogP contribution in [0.2, 0.25) is 0 Å². The van der Waals surface area contributed by atoms with Gasteiger partial charge in [0.05, 0.1) is 24.3 Å². The van der Waals surface area contributed by atoms with Crippen LogP contribution in [0.4, 0.5) is 13.2 Å². The molecule has 1 unspecified atom stereocenters. The zero-order chi connectivity index (χ0) is 14.2. The molecule has 1 amide bonds. The van der Waals surface area contributed by atoms with Crippen molar-refractivity contribution >= 4 is 11.9 Å². The summed E-state index contributed by atoms with van der Waals surface area (Å²) in [5.74, 6) is -2.59. The van der Waals surface area contributed by atoms with E-state index in [0.717, 1.165) is 4.90 Å². The molecule has 1 atom stereocenters. The second-order valence-electron chi connectivity index (χ2n) is 4.20. The third-order valence-corrected chi connectivity index (χ3v) is 2.86. The van der Waals surface area contributed by atoms with Gasteiger partial charge < -0.3 is 15.0 Å². The summed E-state index contributed by atoms with van der Waals surface area (Å²) in [7, 11) is 0. The monoisotopic (exact) mass is 277 g/mol. The third kappa shape index (κ3) is 2.85. The Morgan fingerprint density at radius 1 is 1.53 bits per heavy atom. The Morgan fingerprint density at radius 3 is 2.79 bits per heavy atom. The van der Waals surface area contributed by atoms with E-state index in [2.05, 4.69) is 9.97 Å². The van der Waals surface area contributed by atoms with Crippen LogP contribution >= 0.6 is 0 Å². The van der Waals surface area contributed by atoms with Gasteiger partial charge in [0.1, 0.15) is 12.5 Å². The summed E-state index contributed by atoms with van der Waals surface area (Å²) in [5, 5.41) is 9.01. The van der Waals surface area contributed by atoms with E-state index >= 15 is 0 Å². The first-order valence-electron chi connectivity index (χ1n) is 5.38. The topological polar surface area (TPSA) is 86.3 Å². The van der Waals surface area contributed by atoms with Gasteiger partial charge in [0.25, 0.3) is 0 Å². The number of amides is 1. The van der Waals surface area contributed by atoms with Crippen molar-refractivity contribution in [3.05, 3.63) is 17.7 Å². The van der Waals surface area contributed by atoms with Crippen molar-refractivity contribution in [2.45, 2.75) is 31.6 Å². The number of carbonyl (C=O) groups excluding carboxylic acids is 1. The van der Waals surface area contributed by atoms with Gasteiger partial charge in [0.15, 0.2) is 0 Å². The highest BCUT2D eigenvalue weighted by molar-refractivity contribution is 5.84. The maximum absolute atomic E-state index is 12.2. The van der Waals surface area contributed by atoms with Gasteiger partial charge in [-0.1, -0.05) is 0 Å². The van der Waals surface area contributed by atoms with Crippen LogP contribution in [0.15, 0.2) is 6.33 Å². The molecule has 1 aliphatic heterocycles. The lowest BCUT2D eigenvalue weighted by Crippen LogP contribution is -2.49. The van der Waals surface area contributed by atoms with E-state index in [4.69, 9.17) is 5.11 Å². The summed E-state index contributed by atoms with van der Waals surface area (Å²) >= 11 is 0. The normalized spacial score (nSPS) is 19.1. The highest BCUT2D eigenvalue weighted by Gasteiger charge is 2.40. The van der Waals surface area contributed by atoms with Gasteiger partial charge in [0.2, 0.25) is 5.91 Å². The fraction of sp³-hybridized carbons (Fsp3) is 0.500. The molecule has 9 heteroatoms. The Balaban J connectivity index is 2.22. The minimum atomic E-state index is -4.66. The van der Waals surface area contributed by atoms with E-state index in [1.54, 1.807) is 0 Å². The number of H-pyrrole nitrogens is 1. The number of rotatable bonds is 2. The number of hydrogen-bond donors (Lipinski definition) is 2. The number of carboxylic acids is 1. The standard InChI is InChI=1S/C10H10F3N3O3/c11-10(12,13)2-8(17)16-3-6-5(14-4-15-6)1-7(16)9(18)19/h4,7H,1-3H2,(H,14,15)(H,18,19). The van der Waals surface area contributed by atoms with Crippen molar-refractivity contribution in [2.24, 2.45) is 0 Å². The van der Waals surface area contributed by atoms with E-state index in [0.29, 0.717) is 11.4 Å². The molecular weight excluding hydrogens is 267 g/mol. The number of aromatic nitrogens is 2. The summed E-state index contributed by atoms with van der Waals surface area (Å²) in [6, 6.07) is -1.31. The summed E-state index contributed by atoms with van der Waals surface area (Å²) in [6.45, 7) is -0.207. The van der Waals surface area contributed by atoms with Gasteiger partial charge >= 0.3 is 12.1 Å². The first-order valence-corrected chi connectivity index (χ1v) is 5.38. The molecule has 0 radical (unpaired) electrons. The number of fused-ring (bicyclic) bond motifs is 1. The number of hydrogen-bond acceptors (Lipinski definition) is 3. The fourth-order valence-electron chi connectivity index (χ4n) is 1.99. The SMILES string of the molecule is O=C(O)C1Cc2nc[nH]c2CN1C(=O)CC(F)(F)F. The van der Waals surface area contributed by atoms with Crippen LogP contribution in [0.25, 0.3) is 0 Å². The van der Waals surface area contributed by atoms with Crippen molar-refractivity contribution in [3.63, 3.8) is 0 Å². The third-order valence-electron chi connectivity index (χ3n) is 2.86. The van der Waals surface area contributed by atoms with E-state index in [-0.39, 0.29) is 13.0 Å². The Bertz CT molecular complexity index is 512. The summed E-state index contributed by atoms with van der Waals surface area (Å²) in [5.41, 5.74) is 0.927. The quantitative estimate of drug-likeness (QED) is 0.833. The second kappa shape index (κ2) is 4.56. The number of nitrogens with zero attached hydrogens (tertiary/aromatic N) is 2. The van der Waals surface area contributed by atoms with Crippen LogP contribution in [0.1, 0.15) is 17.8 Å². The number of alkyl halides is 3. The van der Waals surface area contributed by atoms with Gasteiger partial charge in [-0.2, -0.15) is 13.2 Å². The number of imidazole rings is 1. The van der Waals surface area contributed by atoms with E-state index < -0.39 is 30.5 Å². The predicted molar refractivity (Wildman–Crippen MR) is 54.9 cm³/mol. The predicted octanol–water partition coefficient (Wildman–Crippen LogP) is 0.700. The molecule has 0 saturated heterocycles. The molecule has 104 valence electrons. The zero-order valence-corrected chi connectivity index (χ0v) is 9.57. The highest BCUT2D eigenvalue weighted by Crippen LogP contribution is 2.26. The van der Waals surface area contributed by atoms with E-state index in [9.17, 15) is 22.8 Å². The maximum Gasteiger partial charge on any atom is 0.397 e. The molecule has 0 aromatic carbocycles. The molecule has 2 N–H and O–H groups in total. The Kier molecular flexibility index (Phi) is 3.21. The minimum Gasteiger partial charge on any atom is -0.480 e. The fourth-order valence-corrected chi connectivity index (χ4v) is 1.99. The molecule has 19 heavy (non-hydrogen) atoms. The van der Waals surface area contributed by atoms with Crippen LogP contribution in [-0.2, 0) is 22.6 Å². The average Bonchev–Trinajstić information content (AvgIpc) is 2.71. The van der Waals surface area contributed by atoms with E-state index in [1.165, 1.54) is 6.33 Å². The molecule has 0 aliphatic carbocycles. The molecule has 0 spiro atoms. The van der Waals surface area contributed by atoms with Gasteiger partial charge in [-0.25, -0.2) is 9.78 Å². The molecule has 0 fully saturated rings. The van der Waals surface area contributed by atoms with Gasteiger partial charge in [-0.05, 0) is 0 Å². The van der Waals surface area contributed by atoms with Crippen LogP contribution in [0.5, 0.6) is 0 Å². The van der Waals surface area contributed by atoms with Crippen molar-refractivity contribution < 1.29 is 27.9 Å². The van der Waals surface area contributed by atoms with Crippen LogP contribution in [0, 0.1) is 0 Å². The summed E-state index contributed by atoms with van der Waals surface area (Å²) in [4.78, 5) is 29.9. The molecule has 1 aromatic heterocycles. The Hall–Kier alpha value is -2.06. The molecule has 6 nitrogen and oxygen atoms in total. The number of aromatic amines is 1. The lowest BCUT2D eigenvalue weighted by atomic mass is 10.0. The maximum atomic E-state index is 12.2. The number of aliphatic carboxylic acids is 1. The second-order valence-corrected chi connectivity index (χ2v) is 4.20. The first kappa shape index (κ1) is 13.4. The van der Waals surface area contributed by atoms with Gasteiger partial charge in [-0.15, -0.1) is 0 Å². The molecule has 1 aliphatic rings. The first-order chi connectivity index (χ1) is 8.78. The van der Waals surface area contributed by atoms with Crippen molar-refractivity contribution in [1.82, 2.24) is 14.9 Å². The van der Waals surface area contributed by atoms with Crippen LogP contribution in [-0.4, -0.2) is 44.1 Å². The zero-order valence-electron chi connectivity index (χ0n) is 9.57. The Labute approximate surface area is 105 Å². The van der Waals surface area contributed by atoms with Gasteiger partial charge in [-0.3, -0.25) is 4.79 Å². The smallest absolute Gasteiger partial charge is 0.397 e. The Morgan fingerprint density at radius 2 is 2.21 bits per heavy atom. The lowest BCUT2D eigenvalue weighted by molar-refractivity contribution is -0.168. The number of carboxylic acid groups (broad SMARTS) is 1. The number of carbonyl (C=O) groups is 2. The van der Waals surface area contributed by atoms with Crippen molar-refractivity contribution in [1.29, 1.82) is 0 Å². The number of nitrogens with one attached hydrogen (secondary N) is 1. The molecular formula is C10H10F3N3O3. The molecule has 0 bridgehead atoms. The molecule has 2 heterocycles. The largest absolute Gasteiger partial charge is 0.480 e. The van der Waals surface area contributed by atoms with Crippen LogP contribution in [0.3, 0.4) is 0 Å². The molecule has 2 rings (SSSR count). The average molecular weight is 277 g/mol. The van der Waals surface area contributed by atoms with Crippen molar-refractivity contribution in [3.8, 4) is 0 Å². The van der Waals surface area contributed by atoms with Crippen molar-refractivity contribution in [2.75, 3.05) is 0 Å². The summed E-state index contributed by atoms with van der Waals surface area (Å²) < 4.78 is 36.6. The van der Waals surface area contributed by atoms with Gasteiger partial charge in [0, 0.05) is 6.42 Å². The summed E-state index contributed by atoms with van der Waals surface area (Å²) in [6.07, 6.45) is -5.10. The number of halogens is 3. The van der Waals surface area contributed by atoms with Crippen LogP contribution < -0.4 is 0 Å². The molecule has 0 saturated carbocycles.